The van der Waals surface area contributed by atoms with Gasteiger partial charge >= 0.3 is 0 Å². The Labute approximate surface area is 207 Å². The molecule has 2 aliphatic rings. The summed E-state index contributed by atoms with van der Waals surface area (Å²) in [6.45, 7) is 1.10. The van der Waals surface area contributed by atoms with E-state index in [0.717, 1.165) is 18.5 Å². The van der Waals surface area contributed by atoms with Crippen LogP contribution in [0.25, 0.3) is 5.69 Å². The Kier molecular flexibility index (Phi) is 7.76. The Morgan fingerprint density at radius 3 is 2.06 bits per heavy atom. The second-order valence-electron chi connectivity index (χ2n) is 8.38. The molecule has 1 saturated heterocycles. The Bertz CT molecular complexity index is 1270. The molecule has 1 fully saturated rings. The number of amides is 3. The minimum Gasteiger partial charge on any atom is -0.497 e. The number of carbonyl (C=O) groups is 3. The first kappa shape index (κ1) is 26.4. The largest absolute Gasteiger partial charge is 0.497 e. The van der Waals surface area contributed by atoms with Crippen LogP contribution in [0.4, 0.5) is 11.4 Å². The van der Waals surface area contributed by atoms with Crippen LogP contribution in [-0.4, -0.2) is 58.7 Å². The highest BCUT2D eigenvalue weighted by Gasteiger charge is 2.34. The van der Waals surface area contributed by atoms with Gasteiger partial charge in [-0.05, 0) is 67.8 Å². The van der Waals surface area contributed by atoms with Crippen molar-refractivity contribution in [1.29, 1.82) is 0 Å². The number of carbonyl (C=O) groups excluding carboxylic acids is 3. The first-order valence-electron chi connectivity index (χ1n) is 11.3. The second kappa shape index (κ2) is 10.6. The van der Waals surface area contributed by atoms with Crippen LogP contribution in [0.2, 0.25) is 0 Å². The third-order valence-corrected chi connectivity index (χ3v) is 6.36. The number of anilines is 2. The Balaban J connectivity index is 0.00000180. The van der Waals surface area contributed by atoms with E-state index in [2.05, 4.69) is 5.10 Å². The molecule has 0 saturated carbocycles. The number of methoxy groups -OCH3 is 1. The molecule has 3 aromatic rings. The maximum absolute atomic E-state index is 13.6. The highest BCUT2D eigenvalue weighted by molar-refractivity contribution is 6.09. The van der Waals surface area contributed by atoms with Crippen molar-refractivity contribution in [3.05, 3.63) is 65.5 Å². The lowest BCUT2D eigenvalue weighted by Gasteiger charge is -2.29. The number of benzene rings is 2. The molecule has 3 amide bonds. The molecule has 3 heterocycles. The molecule has 6 N–H and O–H groups in total. The van der Waals surface area contributed by atoms with Gasteiger partial charge in [-0.3, -0.25) is 14.4 Å². The third-order valence-electron chi connectivity index (χ3n) is 6.36. The number of hydrogen-bond acceptors (Lipinski definition) is 5. The molecule has 0 bridgehead atoms. The van der Waals surface area contributed by atoms with Gasteiger partial charge in [0.25, 0.3) is 11.8 Å². The van der Waals surface area contributed by atoms with E-state index in [1.807, 2.05) is 24.3 Å². The lowest BCUT2D eigenvalue weighted by atomic mass is 10.0. The van der Waals surface area contributed by atoms with Crippen molar-refractivity contribution in [3.63, 3.8) is 0 Å². The van der Waals surface area contributed by atoms with Crippen molar-refractivity contribution in [2.75, 3.05) is 30.0 Å². The number of ether oxygens (including phenoxy) is 1. The van der Waals surface area contributed by atoms with E-state index in [1.54, 1.807) is 41.2 Å². The molecule has 2 aromatic carbocycles. The summed E-state index contributed by atoms with van der Waals surface area (Å²) >= 11 is 0. The van der Waals surface area contributed by atoms with Gasteiger partial charge in [-0.2, -0.15) is 5.10 Å². The zero-order chi connectivity index (χ0) is 23.8. The van der Waals surface area contributed by atoms with E-state index in [1.165, 1.54) is 4.68 Å². The fraction of sp³-hybridized carbons (Fsp3) is 0.280. The van der Waals surface area contributed by atoms with Crippen molar-refractivity contribution in [2.45, 2.75) is 25.7 Å². The lowest BCUT2D eigenvalue weighted by Crippen LogP contribution is -2.39. The van der Waals surface area contributed by atoms with Crippen LogP contribution in [0, 0.1) is 0 Å². The van der Waals surface area contributed by atoms with E-state index in [9.17, 15) is 14.4 Å². The topological polar surface area (TPSA) is 174 Å². The van der Waals surface area contributed by atoms with Gasteiger partial charge in [0, 0.05) is 36.4 Å². The van der Waals surface area contributed by atoms with Crippen LogP contribution in [0.5, 0.6) is 5.75 Å². The Hall–Kier alpha value is -4.22. The molecule has 0 aliphatic carbocycles. The fourth-order valence-electron chi connectivity index (χ4n) is 4.61. The van der Waals surface area contributed by atoms with Gasteiger partial charge in [-0.25, -0.2) is 4.68 Å². The summed E-state index contributed by atoms with van der Waals surface area (Å²) < 4.78 is 6.69. The van der Waals surface area contributed by atoms with Crippen molar-refractivity contribution in [2.24, 2.45) is 5.73 Å². The number of nitrogens with zero attached hydrogens (tertiary/aromatic N) is 4. The van der Waals surface area contributed by atoms with Gasteiger partial charge < -0.3 is 31.2 Å². The van der Waals surface area contributed by atoms with E-state index < -0.39 is 5.91 Å². The molecule has 11 nitrogen and oxygen atoms in total. The molecule has 0 unspecified atom stereocenters. The molecule has 0 atom stereocenters. The van der Waals surface area contributed by atoms with Gasteiger partial charge in [0.05, 0.1) is 12.8 Å². The summed E-state index contributed by atoms with van der Waals surface area (Å²) in [5, 5.41) is 4.39. The number of piperidine rings is 1. The van der Waals surface area contributed by atoms with Gasteiger partial charge in [0.15, 0.2) is 5.69 Å². The van der Waals surface area contributed by atoms with Gasteiger partial charge in [0.2, 0.25) is 5.91 Å². The van der Waals surface area contributed by atoms with Crippen LogP contribution < -0.4 is 20.3 Å². The summed E-state index contributed by atoms with van der Waals surface area (Å²) in [5.74, 6) is -0.139. The molecule has 0 spiro atoms. The standard InChI is InChI=1S/C25H25N5O4.2H2O/c1-34-19-11-9-18(10-12-19)30-23-20(22(27-30)24(26)32)13-15-29(25(23)33)17-7-5-16(6-8-17)28-14-3-2-4-21(28)31;;/h5-12H,2-4,13-15H2,1H3,(H2,26,32);2*1H2. The molecule has 5 rings (SSSR count). The maximum Gasteiger partial charge on any atom is 0.277 e. The monoisotopic (exact) mass is 495 g/mol. The van der Waals surface area contributed by atoms with E-state index in [0.29, 0.717) is 54.3 Å². The highest BCUT2D eigenvalue weighted by Crippen LogP contribution is 2.31. The summed E-state index contributed by atoms with van der Waals surface area (Å²) in [5.41, 5.74) is 8.73. The molecule has 36 heavy (non-hydrogen) atoms. The Morgan fingerprint density at radius 1 is 0.861 bits per heavy atom. The summed E-state index contributed by atoms with van der Waals surface area (Å²) in [6.07, 6.45) is 2.92. The van der Waals surface area contributed by atoms with Crippen molar-refractivity contribution in [3.8, 4) is 11.4 Å². The minimum atomic E-state index is -0.666. The first-order chi connectivity index (χ1) is 16.5. The smallest absolute Gasteiger partial charge is 0.277 e. The summed E-state index contributed by atoms with van der Waals surface area (Å²) in [7, 11) is 1.57. The predicted molar refractivity (Wildman–Crippen MR) is 134 cm³/mol. The van der Waals surface area contributed by atoms with Crippen molar-refractivity contribution < 1.29 is 30.1 Å². The molecule has 190 valence electrons. The fourth-order valence-corrected chi connectivity index (χ4v) is 4.61. The average molecular weight is 496 g/mol. The zero-order valence-electron chi connectivity index (χ0n) is 19.9. The molecule has 1 aromatic heterocycles. The number of rotatable bonds is 5. The molecular weight excluding hydrogens is 466 g/mol. The number of aromatic nitrogens is 2. The van der Waals surface area contributed by atoms with E-state index in [4.69, 9.17) is 10.5 Å². The Morgan fingerprint density at radius 2 is 1.47 bits per heavy atom. The number of hydrogen-bond donors (Lipinski definition) is 1. The molecular formula is C25H29N5O6. The van der Waals surface area contributed by atoms with Gasteiger partial charge in [-0.1, -0.05) is 0 Å². The van der Waals surface area contributed by atoms with Crippen molar-refractivity contribution in [1.82, 2.24) is 9.78 Å². The zero-order valence-corrected chi connectivity index (χ0v) is 19.9. The SMILES string of the molecule is COc1ccc(-n2nc(C(N)=O)c3c2C(=O)N(c2ccc(N4CCCCC4=O)cc2)CC3)cc1.O.O. The number of fused-ring (bicyclic) bond motifs is 1. The summed E-state index contributed by atoms with van der Waals surface area (Å²) in [4.78, 5) is 41.4. The molecule has 0 radical (unpaired) electrons. The van der Waals surface area contributed by atoms with Gasteiger partial charge in [-0.15, -0.1) is 0 Å². The van der Waals surface area contributed by atoms with E-state index >= 15 is 0 Å². The maximum atomic E-state index is 13.6. The van der Waals surface area contributed by atoms with Crippen LogP contribution in [0.3, 0.4) is 0 Å². The molecule has 11 heteroatoms. The van der Waals surface area contributed by atoms with Crippen LogP contribution in [-0.2, 0) is 11.2 Å². The van der Waals surface area contributed by atoms with Crippen LogP contribution in [0.15, 0.2) is 48.5 Å². The van der Waals surface area contributed by atoms with E-state index in [-0.39, 0.29) is 28.5 Å². The third kappa shape index (κ3) is 4.53. The number of nitrogens with two attached hydrogens (primary N) is 1. The lowest BCUT2D eigenvalue weighted by molar-refractivity contribution is -0.119. The van der Waals surface area contributed by atoms with Gasteiger partial charge in [0.1, 0.15) is 11.4 Å². The first-order valence-corrected chi connectivity index (χ1v) is 11.3. The summed E-state index contributed by atoms with van der Waals surface area (Å²) in [6, 6.07) is 14.5. The van der Waals surface area contributed by atoms with Crippen LogP contribution >= 0.6 is 0 Å². The highest BCUT2D eigenvalue weighted by atomic mass is 16.5. The number of primary amides is 1. The minimum absolute atomic E-state index is 0. The normalized spacial score (nSPS) is 15.0. The second-order valence-corrected chi connectivity index (χ2v) is 8.38. The predicted octanol–water partition coefficient (Wildman–Crippen LogP) is 1.05. The molecule has 2 aliphatic heterocycles. The van der Waals surface area contributed by atoms with Crippen molar-refractivity contribution >= 4 is 29.1 Å². The van der Waals surface area contributed by atoms with Crippen LogP contribution in [0.1, 0.15) is 45.8 Å². The quantitative estimate of drug-likeness (QED) is 0.556. The average Bonchev–Trinajstić information content (AvgIpc) is 3.26.